The highest BCUT2D eigenvalue weighted by Crippen LogP contribution is 2.22. The number of benzene rings is 1. The Morgan fingerprint density at radius 2 is 1.79 bits per heavy atom. The number of carbonyl (C=O) groups excluding carboxylic acids is 1. The highest BCUT2D eigenvalue weighted by molar-refractivity contribution is 7.88. The van der Waals surface area contributed by atoms with Crippen molar-refractivity contribution in [2.75, 3.05) is 19.6 Å². The number of sulfonamides is 1. The zero-order valence-electron chi connectivity index (χ0n) is 14.8. The number of nitrogens with zero attached hydrogens (tertiary/aromatic N) is 1. The second-order valence-corrected chi connectivity index (χ2v) is 9.02. The van der Waals surface area contributed by atoms with E-state index >= 15 is 0 Å². The minimum atomic E-state index is -3.32. The summed E-state index contributed by atoms with van der Waals surface area (Å²) in [6.07, 6.45) is 1.19. The van der Waals surface area contributed by atoms with E-state index in [1.54, 1.807) is 0 Å². The Kier molecular flexibility index (Phi) is 6.40. The van der Waals surface area contributed by atoms with Crippen molar-refractivity contribution in [1.29, 1.82) is 0 Å². The minimum Gasteiger partial charge on any atom is -0.356 e. The molecule has 6 heteroatoms. The van der Waals surface area contributed by atoms with Crippen LogP contribution in [0.3, 0.4) is 0 Å². The van der Waals surface area contributed by atoms with Gasteiger partial charge < -0.3 is 5.32 Å². The lowest BCUT2D eigenvalue weighted by atomic mass is 9.97. The molecule has 1 heterocycles. The third kappa shape index (κ3) is 5.31. The van der Waals surface area contributed by atoms with Gasteiger partial charge in [0.25, 0.3) is 0 Å². The monoisotopic (exact) mass is 352 g/mol. The molecule has 134 valence electrons. The van der Waals surface area contributed by atoms with E-state index in [1.807, 2.05) is 31.2 Å². The minimum absolute atomic E-state index is 0.0253. The van der Waals surface area contributed by atoms with Crippen LogP contribution in [0, 0.1) is 18.8 Å². The average molecular weight is 353 g/mol. The molecule has 0 bridgehead atoms. The molecule has 24 heavy (non-hydrogen) atoms. The molecule has 0 spiro atoms. The van der Waals surface area contributed by atoms with Gasteiger partial charge in [-0.05, 0) is 31.2 Å². The number of nitrogens with one attached hydrogen (secondary N) is 1. The van der Waals surface area contributed by atoms with Crippen molar-refractivity contribution in [2.45, 2.75) is 39.4 Å². The van der Waals surface area contributed by atoms with Crippen LogP contribution in [0.1, 0.15) is 37.8 Å². The SMILES string of the molecule is Cc1ccc(CS(=O)(=O)N2CCC(C(=O)NCC(C)C)CC2)cc1. The van der Waals surface area contributed by atoms with Gasteiger partial charge in [0.2, 0.25) is 15.9 Å². The van der Waals surface area contributed by atoms with Crippen LogP contribution < -0.4 is 5.32 Å². The molecule has 1 aromatic rings. The largest absolute Gasteiger partial charge is 0.356 e. The van der Waals surface area contributed by atoms with Gasteiger partial charge in [-0.15, -0.1) is 0 Å². The van der Waals surface area contributed by atoms with Crippen LogP contribution in [-0.4, -0.2) is 38.3 Å². The molecule has 0 radical (unpaired) electrons. The summed E-state index contributed by atoms with van der Waals surface area (Å²) in [7, 11) is -3.32. The van der Waals surface area contributed by atoms with E-state index in [0.717, 1.165) is 11.1 Å². The van der Waals surface area contributed by atoms with Crippen LogP contribution in [0.5, 0.6) is 0 Å². The predicted octanol–water partition coefficient (Wildman–Crippen LogP) is 2.31. The van der Waals surface area contributed by atoms with Crippen molar-refractivity contribution in [3.63, 3.8) is 0 Å². The Labute approximate surface area is 145 Å². The smallest absolute Gasteiger partial charge is 0.223 e. The molecule has 0 atom stereocenters. The second-order valence-electron chi connectivity index (χ2n) is 7.05. The molecular formula is C18H28N2O3S. The molecule has 1 fully saturated rings. The number of amides is 1. The fraction of sp³-hybridized carbons (Fsp3) is 0.611. The third-order valence-electron chi connectivity index (χ3n) is 4.37. The number of carbonyl (C=O) groups is 1. The van der Waals surface area contributed by atoms with Gasteiger partial charge >= 0.3 is 0 Å². The average Bonchev–Trinajstić information content (AvgIpc) is 2.54. The number of piperidine rings is 1. The fourth-order valence-corrected chi connectivity index (χ4v) is 4.39. The number of rotatable bonds is 6. The summed E-state index contributed by atoms with van der Waals surface area (Å²) in [5.74, 6) is 0.426. The first-order chi connectivity index (χ1) is 11.3. The zero-order valence-corrected chi connectivity index (χ0v) is 15.6. The molecule has 1 N–H and O–H groups in total. The zero-order chi connectivity index (χ0) is 17.7. The van der Waals surface area contributed by atoms with Gasteiger partial charge in [0, 0.05) is 25.6 Å². The van der Waals surface area contributed by atoms with Crippen LogP contribution in [0.4, 0.5) is 0 Å². The Morgan fingerprint density at radius 3 is 2.33 bits per heavy atom. The maximum atomic E-state index is 12.6. The maximum Gasteiger partial charge on any atom is 0.223 e. The summed E-state index contributed by atoms with van der Waals surface area (Å²) >= 11 is 0. The van der Waals surface area contributed by atoms with Crippen LogP contribution in [0.2, 0.25) is 0 Å². The van der Waals surface area contributed by atoms with E-state index in [1.165, 1.54) is 4.31 Å². The number of hydrogen-bond donors (Lipinski definition) is 1. The summed E-state index contributed by atoms with van der Waals surface area (Å²) in [6.45, 7) is 7.61. The highest BCUT2D eigenvalue weighted by Gasteiger charge is 2.31. The Balaban J connectivity index is 1.88. The van der Waals surface area contributed by atoms with Crippen molar-refractivity contribution in [2.24, 2.45) is 11.8 Å². The van der Waals surface area contributed by atoms with Crippen molar-refractivity contribution in [3.8, 4) is 0 Å². The van der Waals surface area contributed by atoms with Crippen molar-refractivity contribution < 1.29 is 13.2 Å². The summed E-state index contributed by atoms with van der Waals surface area (Å²) < 4.78 is 26.6. The van der Waals surface area contributed by atoms with E-state index in [-0.39, 0.29) is 17.6 Å². The molecule has 1 aliphatic rings. The van der Waals surface area contributed by atoms with Crippen LogP contribution in [0.25, 0.3) is 0 Å². The molecule has 0 aliphatic carbocycles. The molecule has 0 unspecified atom stereocenters. The molecule has 0 aromatic heterocycles. The van der Waals surface area contributed by atoms with Crippen molar-refractivity contribution >= 4 is 15.9 Å². The molecule has 0 saturated carbocycles. The van der Waals surface area contributed by atoms with Crippen LogP contribution in [-0.2, 0) is 20.6 Å². The first-order valence-corrected chi connectivity index (χ1v) is 10.2. The lowest BCUT2D eigenvalue weighted by molar-refractivity contribution is -0.126. The normalized spacial score (nSPS) is 17.2. The van der Waals surface area contributed by atoms with Gasteiger partial charge in [0.05, 0.1) is 5.75 Å². The summed E-state index contributed by atoms with van der Waals surface area (Å²) in [4.78, 5) is 12.1. The van der Waals surface area contributed by atoms with Gasteiger partial charge in [-0.25, -0.2) is 12.7 Å². The first kappa shape index (κ1) is 18.9. The standard InChI is InChI=1S/C18H28N2O3S/c1-14(2)12-19-18(21)17-8-10-20(11-9-17)24(22,23)13-16-6-4-15(3)5-7-16/h4-7,14,17H,8-13H2,1-3H3,(H,19,21). The van der Waals surface area contributed by atoms with E-state index in [2.05, 4.69) is 19.2 Å². The quantitative estimate of drug-likeness (QED) is 0.854. The van der Waals surface area contributed by atoms with E-state index < -0.39 is 10.0 Å². The Morgan fingerprint density at radius 1 is 1.21 bits per heavy atom. The summed E-state index contributed by atoms with van der Waals surface area (Å²) in [6, 6.07) is 7.57. The first-order valence-electron chi connectivity index (χ1n) is 8.59. The van der Waals surface area contributed by atoms with E-state index in [9.17, 15) is 13.2 Å². The topological polar surface area (TPSA) is 66.5 Å². The fourth-order valence-electron chi connectivity index (χ4n) is 2.83. The predicted molar refractivity (Wildman–Crippen MR) is 95.9 cm³/mol. The molecule has 5 nitrogen and oxygen atoms in total. The Hall–Kier alpha value is -1.40. The third-order valence-corrected chi connectivity index (χ3v) is 6.22. The lowest BCUT2D eigenvalue weighted by Crippen LogP contribution is -2.43. The van der Waals surface area contributed by atoms with Gasteiger partial charge in [-0.2, -0.15) is 0 Å². The summed E-state index contributed by atoms with van der Waals surface area (Å²) in [5, 5.41) is 2.94. The molecule has 1 aliphatic heterocycles. The molecule has 1 amide bonds. The van der Waals surface area contributed by atoms with E-state index in [4.69, 9.17) is 0 Å². The number of hydrogen-bond acceptors (Lipinski definition) is 3. The lowest BCUT2D eigenvalue weighted by Gasteiger charge is -2.30. The number of aryl methyl sites for hydroxylation is 1. The van der Waals surface area contributed by atoms with Gasteiger partial charge in [-0.1, -0.05) is 43.7 Å². The Bertz CT molecular complexity index is 645. The van der Waals surface area contributed by atoms with Crippen molar-refractivity contribution in [3.05, 3.63) is 35.4 Å². The molecule has 1 saturated heterocycles. The van der Waals surface area contributed by atoms with Gasteiger partial charge in [-0.3, -0.25) is 4.79 Å². The van der Waals surface area contributed by atoms with Gasteiger partial charge in [0.15, 0.2) is 0 Å². The molecule has 1 aromatic carbocycles. The van der Waals surface area contributed by atoms with E-state index in [0.29, 0.717) is 38.4 Å². The summed E-state index contributed by atoms with van der Waals surface area (Å²) in [5.41, 5.74) is 1.92. The van der Waals surface area contributed by atoms with Gasteiger partial charge in [0.1, 0.15) is 0 Å². The van der Waals surface area contributed by atoms with Crippen molar-refractivity contribution in [1.82, 2.24) is 9.62 Å². The van der Waals surface area contributed by atoms with Crippen LogP contribution in [0.15, 0.2) is 24.3 Å². The van der Waals surface area contributed by atoms with Crippen LogP contribution >= 0.6 is 0 Å². The maximum absolute atomic E-state index is 12.6. The highest BCUT2D eigenvalue weighted by atomic mass is 32.2. The molecule has 2 rings (SSSR count). The molecular weight excluding hydrogens is 324 g/mol. The second kappa shape index (κ2) is 8.12.